The largest absolute Gasteiger partial charge is 0.496 e. The lowest BCUT2D eigenvalue weighted by molar-refractivity contribution is -0.138. The summed E-state index contributed by atoms with van der Waals surface area (Å²) < 4.78 is 46.5. The van der Waals surface area contributed by atoms with Gasteiger partial charge in [0.05, 0.1) is 12.7 Å². The number of aromatic nitrogens is 2. The Balaban J connectivity index is 1.78. The number of nitrogens with zero attached hydrogens (tertiary/aromatic N) is 3. The summed E-state index contributed by atoms with van der Waals surface area (Å²) in [5.74, 6) is -0.587. The van der Waals surface area contributed by atoms with Gasteiger partial charge in [-0.15, -0.1) is 0 Å². The van der Waals surface area contributed by atoms with Crippen LogP contribution in [0.15, 0.2) is 48.8 Å². The number of alkyl halides is 3. The molecule has 0 unspecified atom stereocenters. The van der Waals surface area contributed by atoms with Gasteiger partial charge in [0.1, 0.15) is 11.4 Å². The fourth-order valence-corrected chi connectivity index (χ4v) is 3.85. The van der Waals surface area contributed by atoms with Crippen LogP contribution < -0.4 is 9.64 Å². The van der Waals surface area contributed by atoms with E-state index < -0.39 is 11.7 Å². The average molecular weight is 415 g/mol. The van der Waals surface area contributed by atoms with Crippen LogP contribution in [0.5, 0.6) is 5.75 Å². The van der Waals surface area contributed by atoms with E-state index in [4.69, 9.17) is 4.74 Å². The lowest BCUT2D eigenvalue weighted by atomic mass is 10.0. The minimum atomic E-state index is -4.54. The number of methoxy groups -OCH3 is 1. The Morgan fingerprint density at radius 1 is 1.17 bits per heavy atom. The summed E-state index contributed by atoms with van der Waals surface area (Å²) in [4.78, 5) is 19.1. The number of pyridine rings is 1. The van der Waals surface area contributed by atoms with Crippen LogP contribution in [0, 0.1) is 6.92 Å². The van der Waals surface area contributed by atoms with Crippen LogP contribution >= 0.6 is 0 Å². The standard InChI is InChI=1S/C22H20F3N3O2/c1-13-10-15(6-8-26-13)17-7-9-27-14(2)12-28(21(29)20(17)27)16-4-5-18(22(23,24)25)19(11-16)30-3/h4-11,14H,12H2,1-3H3/t14-/m0/s1. The molecule has 0 bridgehead atoms. The zero-order valence-electron chi connectivity index (χ0n) is 16.7. The van der Waals surface area contributed by atoms with Crippen molar-refractivity contribution in [2.24, 2.45) is 0 Å². The number of rotatable bonds is 3. The second kappa shape index (κ2) is 7.19. The van der Waals surface area contributed by atoms with Gasteiger partial charge in [-0.1, -0.05) is 0 Å². The van der Waals surface area contributed by atoms with Crippen molar-refractivity contribution < 1.29 is 22.7 Å². The Morgan fingerprint density at radius 2 is 1.93 bits per heavy atom. The Kier molecular flexibility index (Phi) is 4.80. The predicted octanol–water partition coefficient (Wildman–Crippen LogP) is 5.11. The van der Waals surface area contributed by atoms with Crippen LogP contribution in [-0.2, 0) is 6.18 Å². The SMILES string of the molecule is COc1cc(N2C[C@H](C)n3ccc(-c4ccnc(C)c4)c3C2=O)ccc1C(F)(F)F. The number of benzene rings is 1. The average Bonchev–Trinajstić information content (AvgIpc) is 3.15. The number of carbonyl (C=O) groups excluding carboxylic acids is 1. The molecule has 0 spiro atoms. The summed E-state index contributed by atoms with van der Waals surface area (Å²) in [5.41, 5.74) is 2.44. The van der Waals surface area contributed by atoms with Gasteiger partial charge >= 0.3 is 6.18 Å². The van der Waals surface area contributed by atoms with Gasteiger partial charge in [0.2, 0.25) is 0 Å². The first-order valence-electron chi connectivity index (χ1n) is 9.41. The summed E-state index contributed by atoms with van der Waals surface area (Å²) in [6.07, 6.45) is -0.984. The molecule has 0 aliphatic carbocycles. The molecule has 1 atom stereocenters. The van der Waals surface area contributed by atoms with E-state index >= 15 is 0 Å². The minimum Gasteiger partial charge on any atom is -0.496 e. The molecular weight excluding hydrogens is 395 g/mol. The fourth-order valence-electron chi connectivity index (χ4n) is 3.85. The van der Waals surface area contributed by atoms with E-state index in [1.807, 2.05) is 42.8 Å². The van der Waals surface area contributed by atoms with Crippen molar-refractivity contribution in [3.8, 4) is 16.9 Å². The highest BCUT2D eigenvalue weighted by atomic mass is 19.4. The molecule has 156 valence electrons. The molecule has 0 N–H and O–H groups in total. The molecule has 1 aromatic carbocycles. The van der Waals surface area contributed by atoms with Crippen molar-refractivity contribution in [1.82, 2.24) is 9.55 Å². The molecule has 8 heteroatoms. The molecule has 3 heterocycles. The summed E-state index contributed by atoms with van der Waals surface area (Å²) in [6, 6.07) is 9.09. The maximum atomic E-state index is 13.4. The van der Waals surface area contributed by atoms with E-state index in [1.54, 1.807) is 6.20 Å². The maximum Gasteiger partial charge on any atom is 0.419 e. The molecule has 1 aliphatic heterocycles. The third-order valence-corrected chi connectivity index (χ3v) is 5.29. The summed E-state index contributed by atoms with van der Waals surface area (Å²) in [7, 11) is 1.18. The normalized spacial score (nSPS) is 16.5. The number of carbonyl (C=O) groups is 1. The third kappa shape index (κ3) is 3.32. The topological polar surface area (TPSA) is 47.4 Å². The van der Waals surface area contributed by atoms with Crippen LogP contribution in [0.1, 0.15) is 34.7 Å². The molecule has 0 saturated heterocycles. The van der Waals surface area contributed by atoms with Gasteiger partial charge < -0.3 is 14.2 Å². The lowest BCUT2D eigenvalue weighted by Gasteiger charge is -2.34. The smallest absolute Gasteiger partial charge is 0.419 e. The number of halogens is 3. The number of fused-ring (bicyclic) bond motifs is 1. The number of hydrogen-bond acceptors (Lipinski definition) is 3. The van der Waals surface area contributed by atoms with Gasteiger partial charge in [0, 0.05) is 48.0 Å². The Labute approximate surface area is 171 Å². The number of hydrogen-bond donors (Lipinski definition) is 0. The van der Waals surface area contributed by atoms with Crippen LogP contribution in [0.2, 0.25) is 0 Å². The molecule has 4 rings (SSSR count). The van der Waals surface area contributed by atoms with Crippen molar-refractivity contribution in [1.29, 1.82) is 0 Å². The number of anilines is 1. The first-order valence-corrected chi connectivity index (χ1v) is 9.41. The molecule has 3 aromatic rings. The monoisotopic (exact) mass is 415 g/mol. The fraction of sp³-hybridized carbons (Fsp3) is 0.273. The molecule has 2 aromatic heterocycles. The highest BCUT2D eigenvalue weighted by molar-refractivity contribution is 6.10. The number of amides is 1. The second-order valence-corrected chi connectivity index (χ2v) is 7.32. The minimum absolute atomic E-state index is 0.0531. The Hall–Kier alpha value is -3.29. The molecule has 1 aliphatic rings. The summed E-state index contributed by atoms with van der Waals surface area (Å²) in [5, 5.41) is 0. The molecular formula is C22H20F3N3O2. The van der Waals surface area contributed by atoms with Crippen LogP contribution in [-0.4, -0.2) is 29.1 Å². The molecule has 0 radical (unpaired) electrons. The predicted molar refractivity (Wildman–Crippen MR) is 107 cm³/mol. The van der Waals surface area contributed by atoms with E-state index in [-0.39, 0.29) is 17.7 Å². The van der Waals surface area contributed by atoms with Crippen molar-refractivity contribution in [3.63, 3.8) is 0 Å². The van der Waals surface area contributed by atoms with Crippen molar-refractivity contribution >= 4 is 11.6 Å². The molecule has 5 nitrogen and oxygen atoms in total. The first-order chi connectivity index (χ1) is 14.2. The maximum absolute atomic E-state index is 13.4. The zero-order chi connectivity index (χ0) is 21.6. The van der Waals surface area contributed by atoms with Gasteiger partial charge in [-0.25, -0.2) is 0 Å². The Morgan fingerprint density at radius 3 is 2.60 bits per heavy atom. The van der Waals surface area contributed by atoms with Gasteiger partial charge in [-0.3, -0.25) is 9.78 Å². The van der Waals surface area contributed by atoms with Crippen LogP contribution in [0.4, 0.5) is 18.9 Å². The highest BCUT2D eigenvalue weighted by Crippen LogP contribution is 2.40. The Bertz CT molecular complexity index is 1120. The van der Waals surface area contributed by atoms with Crippen LogP contribution in [0.25, 0.3) is 11.1 Å². The van der Waals surface area contributed by atoms with E-state index in [2.05, 4.69) is 4.98 Å². The van der Waals surface area contributed by atoms with Gasteiger partial charge in [0.25, 0.3) is 5.91 Å². The van der Waals surface area contributed by atoms with Crippen LogP contribution in [0.3, 0.4) is 0 Å². The first kappa shape index (κ1) is 20.0. The van der Waals surface area contributed by atoms with E-state index in [9.17, 15) is 18.0 Å². The van der Waals surface area contributed by atoms with Gasteiger partial charge in [0.15, 0.2) is 0 Å². The highest BCUT2D eigenvalue weighted by Gasteiger charge is 2.36. The molecule has 1 amide bonds. The van der Waals surface area contributed by atoms with Gasteiger partial charge in [-0.05, 0) is 49.7 Å². The third-order valence-electron chi connectivity index (χ3n) is 5.29. The van der Waals surface area contributed by atoms with E-state index in [0.29, 0.717) is 17.9 Å². The molecule has 0 fully saturated rings. The lowest BCUT2D eigenvalue weighted by Crippen LogP contribution is -2.42. The summed E-state index contributed by atoms with van der Waals surface area (Å²) in [6.45, 7) is 4.17. The zero-order valence-corrected chi connectivity index (χ0v) is 16.7. The number of aryl methyl sites for hydroxylation is 1. The van der Waals surface area contributed by atoms with Gasteiger partial charge in [-0.2, -0.15) is 13.2 Å². The van der Waals surface area contributed by atoms with Crippen molar-refractivity contribution in [3.05, 3.63) is 65.7 Å². The van der Waals surface area contributed by atoms with Crippen molar-refractivity contribution in [2.45, 2.75) is 26.1 Å². The number of ether oxygens (including phenoxy) is 1. The second-order valence-electron chi connectivity index (χ2n) is 7.32. The molecule has 30 heavy (non-hydrogen) atoms. The van der Waals surface area contributed by atoms with E-state index in [1.165, 1.54) is 24.1 Å². The van der Waals surface area contributed by atoms with Crippen molar-refractivity contribution in [2.75, 3.05) is 18.6 Å². The van der Waals surface area contributed by atoms with E-state index in [0.717, 1.165) is 22.9 Å². The quantitative estimate of drug-likeness (QED) is 0.598. The molecule has 0 saturated carbocycles. The summed E-state index contributed by atoms with van der Waals surface area (Å²) >= 11 is 0.